The molecule has 0 aliphatic carbocycles. The number of esters is 1. The van der Waals surface area contributed by atoms with E-state index in [2.05, 4.69) is 15.9 Å². The lowest BCUT2D eigenvalue weighted by atomic mass is 10.0. The van der Waals surface area contributed by atoms with Crippen molar-refractivity contribution in [3.8, 4) is 5.75 Å². The van der Waals surface area contributed by atoms with E-state index in [4.69, 9.17) is 9.47 Å². The summed E-state index contributed by atoms with van der Waals surface area (Å²) in [6.07, 6.45) is 0.224. The molecule has 0 atom stereocenters. The summed E-state index contributed by atoms with van der Waals surface area (Å²) >= 11 is 3.11. The molecule has 5 heteroatoms. The minimum Gasteiger partial charge on any atom is -0.496 e. The van der Waals surface area contributed by atoms with Gasteiger partial charge in [0.1, 0.15) is 17.1 Å². The number of ketones is 1. The smallest absolute Gasteiger partial charge is 0.341 e. The average molecular weight is 315 g/mol. The lowest BCUT2D eigenvalue weighted by Gasteiger charge is -2.12. The molecule has 0 saturated carbocycles. The maximum absolute atomic E-state index is 11.7. The molecule has 0 heterocycles. The fourth-order valence-electron chi connectivity index (χ4n) is 1.59. The minimum absolute atomic E-state index is 0.0225. The highest BCUT2D eigenvalue weighted by Gasteiger charge is 2.17. The highest BCUT2D eigenvalue weighted by Crippen LogP contribution is 2.25. The van der Waals surface area contributed by atoms with Gasteiger partial charge in [0, 0.05) is 12.0 Å². The van der Waals surface area contributed by atoms with Crippen LogP contribution in [-0.2, 0) is 16.0 Å². The van der Waals surface area contributed by atoms with E-state index in [0.717, 1.165) is 0 Å². The molecular weight excluding hydrogens is 300 g/mol. The van der Waals surface area contributed by atoms with Crippen molar-refractivity contribution in [1.82, 2.24) is 0 Å². The Morgan fingerprint density at radius 1 is 1.33 bits per heavy atom. The third-order valence-electron chi connectivity index (χ3n) is 2.33. The maximum Gasteiger partial charge on any atom is 0.341 e. The highest BCUT2D eigenvalue weighted by molar-refractivity contribution is 9.09. The van der Waals surface area contributed by atoms with Crippen LogP contribution in [0, 0.1) is 0 Å². The molecule has 1 rings (SSSR count). The van der Waals surface area contributed by atoms with Crippen LogP contribution in [0.3, 0.4) is 0 Å². The number of rotatable bonds is 6. The number of alkyl halides is 1. The second-order valence-corrected chi connectivity index (χ2v) is 4.13. The molecule has 0 aliphatic heterocycles. The highest BCUT2D eigenvalue weighted by atomic mass is 79.9. The van der Waals surface area contributed by atoms with Gasteiger partial charge in [-0.2, -0.15) is 0 Å². The number of Topliss-reactive ketones (excluding diaryl/α,β-unsaturated/α-hetero) is 1. The van der Waals surface area contributed by atoms with Gasteiger partial charge < -0.3 is 9.47 Å². The van der Waals surface area contributed by atoms with Gasteiger partial charge in [0.05, 0.1) is 19.0 Å². The summed E-state index contributed by atoms with van der Waals surface area (Å²) in [4.78, 5) is 23.2. The molecule has 0 spiro atoms. The molecule has 1 aromatic carbocycles. The number of halogens is 1. The van der Waals surface area contributed by atoms with Gasteiger partial charge in [0.15, 0.2) is 0 Å². The first kappa shape index (κ1) is 14.7. The van der Waals surface area contributed by atoms with Crippen LogP contribution >= 0.6 is 15.9 Å². The van der Waals surface area contributed by atoms with Crippen LogP contribution in [0.5, 0.6) is 5.75 Å². The zero-order valence-electron chi connectivity index (χ0n) is 10.4. The molecule has 0 aromatic heterocycles. The second-order valence-electron chi connectivity index (χ2n) is 3.57. The SMILES string of the molecule is CCOC(=O)c1cccc(CC(=O)CBr)c1OC. The molecular formula is C13H15BrO4. The third kappa shape index (κ3) is 3.57. The Morgan fingerprint density at radius 3 is 2.61 bits per heavy atom. The van der Waals surface area contributed by atoms with E-state index < -0.39 is 5.97 Å². The molecule has 0 N–H and O–H groups in total. The zero-order chi connectivity index (χ0) is 13.5. The van der Waals surface area contributed by atoms with Crippen LogP contribution in [0.1, 0.15) is 22.8 Å². The Kier molecular flexibility index (Phi) is 5.85. The quantitative estimate of drug-likeness (QED) is 0.597. The van der Waals surface area contributed by atoms with Crippen LogP contribution < -0.4 is 4.74 Å². The molecule has 0 saturated heterocycles. The van der Waals surface area contributed by atoms with Crippen LogP contribution in [0.4, 0.5) is 0 Å². The van der Waals surface area contributed by atoms with Crippen LogP contribution in [-0.4, -0.2) is 30.8 Å². The summed E-state index contributed by atoms with van der Waals surface area (Å²) < 4.78 is 10.2. The zero-order valence-corrected chi connectivity index (χ0v) is 12.0. The van der Waals surface area contributed by atoms with Crippen molar-refractivity contribution in [2.45, 2.75) is 13.3 Å². The molecule has 18 heavy (non-hydrogen) atoms. The van der Waals surface area contributed by atoms with E-state index >= 15 is 0 Å². The van der Waals surface area contributed by atoms with E-state index in [-0.39, 0.29) is 17.5 Å². The fourth-order valence-corrected chi connectivity index (χ4v) is 1.79. The van der Waals surface area contributed by atoms with E-state index in [9.17, 15) is 9.59 Å². The van der Waals surface area contributed by atoms with Gasteiger partial charge >= 0.3 is 5.97 Å². The Morgan fingerprint density at radius 2 is 2.06 bits per heavy atom. The Bertz CT molecular complexity index is 443. The van der Waals surface area contributed by atoms with Gasteiger partial charge in [-0.3, -0.25) is 4.79 Å². The molecule has 4 nitrogen and oxygen atoms in total. The second kappa shape index (κ2) is 7.16. The fraction of sp³-hybridized carbons (Fsp3) is 0.385. The topological polar surface area (TPSA) is 52.6 Å². The minimum atomic E-state index is -0.442. The number of hydrogen-bond donors (Lipinski definition) is 0. The summed E-state index contributed by atoms with van der Waals surface area (Å²) in [5, 5.41) is 0.278. The molecule has 98 valence electrons. The van der Waals surface area contributed by atoms with Crippen molar-refractivity contribution in [3.05, 3.63) is 29.3 Å². The van der Waals surface area contributed by atoms with Crippen LogP contribution in [0.2, 0.25) is 0 Å². The molecule has 0 radical (unpaired) electrons. The largest absolute Gasteiger partial charge is 0.496 e. The molecule has 1 aromatic rings. The maximum atomic E-state index is 11.7. The first-order valence-corrected chi connectivity index (χ1v) is 6.66. The molecule has 0 fully saturated rings. The van der Waals surface area contributed by atoms with Gasteiger partial charge in [-0.25, -0.2) is 4.79 Å². The number of carbonyl (C=O) groups excluding carboxylic acids is 2. The summed E-state index contributed by atoms with van der Waals surface area (Å²) in [5.74, 6) is -0.0120. The normalized spacial score (nSPS) is 9.94. The average Bonchev–Trinajstić information content (AvgIpc) is 2.38. The van der Waals surface area contributed by atoms with E-state index in [0.29, 0.717) is 23.5 Å². The first-order chi connectivity index (χ1) is 8.63. The van der Waals surface area contributed by atoms with Crippen molar-refractivity contribution in [2.24, 2.45) is 0 Å². The number of hydrogen-bond acceptors (Lipinski definition) is 4. The van der Waals surface area contributed by atoms with Crippen molar-refractivity contribution in [3.63, 3.8) is 0 Å². The lowest BCUT2D eigenvalue weighted by molar-refractivity contribution is -0.115. The number of ether oxygens (including phenoxy) is 2. The van der Waals surface area contributed by atoms with E-state index in [1.54, 1.807) is 25.1 Å². The standard InChI is InChI=1S/C13H15BrO4/c1-3-18-13(16)11-6-4-5-9(12(11)17-2)7-10(15)8-14/h4-6H,3,7-8H2,1-2H3. The lowest BCUT2D eigenvalue weighted by Crippen LogP contribution is -2.10. The van der Waals surface area contributed by atoms with Crippen molar-refractivity contribution >= 4 is 27.7 Å². The Balaban J connectivity index is 3.09. The van der Waals surface area contributed by atoms with Gasteiger partial charge in [0.2, 0.25) is 0 Å². The monoisotopic (exact) mass is 314 g/mol. The number of benzene rings is 1. The van der Waals surface area contributed by atoms with E-state index in [1.807, 2.05) is 0 Å². The molecule has 0 bridgehead atoms. The first-order valence-electron chi connectivity index (χ1n) is 5.54. The van der Waals surface area contributed by atoms with Gasteiger partial charge in [-0.15, -0.1) is 0 Å². The number of methoxy groups -OCH3 is 1. The molecule has 0 aliphatic rings. The summed E-state index contributed by atoms with van der Waals surface area (Å²) in [6.45, 7) is 2.04. The summed E-state index contributed by atoms with van der Waals surface area (Å²) in [6, 6.07) is 5.10. The predicted octanol–water partition coefficient (Wildman–Crippen LogP) is 2.38. The van der Waals surface area contributed by atoms with Gasteiger partial charge in [-0.05, 0) is 13.0 Å². The van der Waals surface area contributed by atoms with Crippen molar-refractivity contribution in [2.75, 3.05) is 19.0 Å². The van der Waals surface area contributed by atoms with Crippen molar-refractivity contribution in [1.29, 1.82) is 0 Å². The Labute approximate surface area is 114 Å². The van der Waals surface area contributed by atoms with Gasteiger partial charge in [0.25, 0.3) is 0 Å². The van der Waals surface area contributed by atoms with E-state index in [1.165, 1.54) is 7.11 Å². The van der Waals surface area contributed by atoms with Gasteiger partial charge in [-0.1, -0.05) is 28.1 Å². The van der Waals surface area contributed by atoms with Crippen molar-refractivity contribution < 1.29 is 19.1 Å². The number of carbonyl (C=O) groups is 2. The van der Waals surface area contributed by atoms with Crippen LogP contribution in [0.25, 0.3) is 0 Å². The third-order valence-corrected chi connectivity index (χ3v) is 2.96. The Hall–Kier alpha value is -1.36. The number of para-hydroxylation sites is 1. The molecule has 0 amide bonds. The molecule has 0 unspecified atom stereocenters. The summed E-state index contributed by atoms with van der Waals surface area (Å²) in [7, 11) is 1.47. The predicted molar refractivity (Wildman–Crippen MR) is 71.5 cm³/mol. The van der Waals surface area contributed by atoms with Crippen LogP contribution in [0.15, 0.2) is 18.2 Å². The summed E-state index contributed by atoms with van der Waals surface area (Å²) in [5.41, 5.74) is 1.03.